The maximum Gasteiger partial charge on any atom is 0.331 e. The second-order valence-corrected chi connectivity index (χ2v) is 5.26. The van der Waals surface area contributed by atoms with Gasteiger partial charge in [-0.1, -0.05) is 11.6 Å². The minimum atomic E-state index is -1.30. The third kappa shape index (κ3) is 1.98. The van der Waals surface area contributed by atoms with Gasteiger partial charge in [-0.2, -0.15) is 0 Å². The molecule has 1 fully saturated rings. The molecule has 0 aliphatic heterocycles. The highest BCUT2D eigenvalue weighted by Gasteiger charge is 2.49. The van der Waals surface area contributed by atoms with Gasteiger partial charge >= 0.3 is 5.97 Å². The van der Waals surface area contributed by atoms with Crippen LogP contribution in [0.2, 0.25) is 5.02 Å². The standard InChI is InChI=1S/C12H9ClF2N4O2/c13-7-5-8(14)6(4-9(7)15)10-16-17-18-19(10)12(11(20)21)2-1-3-12/h4-5H,1-3H2,(H,20,21). The van der Waals surface area contributed by atoms with E-state index in [4.69, 9.17) is 11.6 Å². The molecule has 0 radical (unpaired) electrons. The van der Waals surface area contributed by atoms with Gasteiger partial charge in [0.15, 0.2) is 11.4 Å². The number of hydrogen-bond acceptors (Lipinski definition) is 4. The van der Waals surface area contributed by atoms with Gasteiger partial charge in [-0.15, -0.1) is 5.10 Å². The third-order valence-electron chi connectivity index (χ3n) is 3.70. The van der Waals surface area contributed by atoms with Gasteiger partial charge in [0, 0.05) is 0 Å². The maximum absolute atomic E-state index is 14.0. The average Bonchev–Trinajstić information content (AvgIpc) is 2.81. The monoisotopic (exact) mass is 314 g/mol. The SMILES string of the molecule is O=C(O)C1(n2nnnc2-c2cc(F)c(Cl)cc2F)CCC1. The molecule has 110 valence electrons. The molecule has 9 heteroatoms. The van der Waals surface area contributed by atoms with Gasteiger partial charge in [-0.25, -0.2) is 18.3 Å². The molecule has 6 nitrogen and oxygen atoms in total. The van der Waals surface area contributed by atoms with E-state index < -0.39 is 23.1 Å². The molecule has 3 rings (SSSR count). The van der Waals surface area contributed by atoms with Crippen LogP contribution in [0.5, 0.6) is 0 Å². The van der Waals surface area contributed by atoms with Crippen molar-refractivity contribution in [3.05, 3.63) is 28.8 Å². The van der Waals surface area contributed by atoms with Crippen molar-refractivity contribution in [2.24, 2.45) is 0 Å². The van der Waals surface area contributed by atoms with Crippen LogP contribution in [0.15, 0.2) is 12.1 Å². The maximum atomic E-state index is 14.0. The third-order valence-corrected chi connectivity index (χ3v) is 3.99. The Balaban J connectivity index is 2.16. The molecule has 1 saturated carbocycles. The summed E-state index contributed by atoms with van der Waals surface area (Å²) in [6.07, 6.45) is 1.36. The summed E-state index contributed by atoms with van der Waals surface area (Å²) in [6.45, 7) is 0. The van der Waals surface area contributed by atoms with Crippen LogP contribution in [0.1, 0.15) is 19.3 Å². The van der Waals surface area contributed by atoms with Gasteiger partial charge in [-0.3, -0.25) is 0 Å². The van der Waals surface area contributed by atoms with Gasteiger partial charge in [-0.05, 0) is 41.8 Å². The van der Waals surface area contributed by atoms with Crippen molar-refractivity contribution in [3.63, 3.8) is 0 Å². The molecule has 1 N–H and O–H groups in total. The Morgan fingerprint density at radius 3 is 2.62 bits per heavy atom. The lowest BCUT2D eigenvalue weighted by atomic mass is 9.76. The van der Waals surface area contributed by atoms with E-state index in [1.165, 1.54) is 0 Å². The smallest absolute Gasteiger partial charge is 0.331 e. The van der Waals surface area contributed by atoms with Crippen LogP contribution in [0.3, 0.4) is 0 Å². The lowest BCUT2D eigenvalue weighted by molar-refractivity contribution is -0.153. The predicted molar refractivity (Wildman–Crippen MR) is 67.6 cm³/mol. The number of carbonyl (C=O) groups is 1. The van der Waals surface area contributed by atoms with Crippen molar-refractivity contribution in [2.75, 3.05) is 0 Å². The van der Waals surface area contributed by atoms with E-state index in [1.807, 2.05) is 0 Å². The van der Waals surface area contributed by atoms with Crippen LogP contribution >= 0.6 is 11.6 Å². The molecule has 0 atom stereocenters. The van der Waals surface area contributed by atoms with Gasteiger partial charge in [0.05, 0.1) is 10.6 Å². The lowest BCUT2D eigenvalue weighted by Crippen LogP contribution is -2.48. The summed E-state index contributed by atoms with van der Waals surface area (Å²) >= 11 is 5.50. The number of carboxylic acids is 1. The zero-order valence-corrected chi connectivity index (χ0v) is 11.3. The van der Waals surface area contributed by atoms with Gasteiger partial charge in [0.25, 0.3) is 0 Å². The summed E-state index contributed by atoms with van der Waals surface area (Å²) in [5.41, 5.74) is -1.53. The molecule has 2 aromatic rings. The number of benzene rings is 1. The van der Waals surface area contributed by atoms with Gasteiger partial charge < -0.3 is 5.11 Å². The molecule has 0 amide bonds. The van der Waals surface area contributed by atoms with E-state index in [9.17, 15) is 18.7 Å². The van der Waals surface area contributed by atoms with Crippen LogP contribution in [-0.2, 0) is 10.3 Å². The molecule has 1 aliphatic carbocycles. The average molecular weight is 315 g/mol. The minimum Gasteiger partial charge on any atom is -0.479 e. The highest BCUT2D eigenvalue weighted by atomic mass is 35.5. The number of rotatable bonds is 3. The first-order valence-electron chi connectivity index (χ1n) is 6.13. The first kappa shape index (κ1) is 13.9. The van der Waals surface area contributed by atoms with Crippen molar-refractivity contribution < 1.29 is 18.7 Å². The van der Waals surface area contributed by atoms with Crippen molar-refractivity contribution in [3.8, 4) is 11.4 Å². The number of aliphatic carboxylic acids is 1. The topological polar surface area (TPSA) is 80.9 Å². The summed E-state index contributed by atoms with van der Waals surface area (Å²) < 4.78 is 28.6. The Bertz CT molecular complexity index is 730. The Morgan fingerprint density at radius 1 is 1.33 bits per heavy atom. The fourth-order valence-corrected chi connectivity index (χ4v) is 2.52. The first-order valence-corrected chi connectivity index (χ1v) is 6.51. The molecule has 0 unspecified atom stereocenters. The van der Waals surface area contributed by atoms with E-state index in [1.54, 1.807) is 0 Å². The summed E-state index contributed by atoms with van der Waals surface area (Å²) in [4.78, 5) is 11.5. The second-order valence-electron chi connectivity index (χ2n) is 4.85. The Kier molecular flexibility index (Phi) is 3.12. The van der Waals surface area contributed by atoms with E-state index in [2.05, 4.69) is 15.5 Å². The zero-order chi connectivity index (χ0) is 15.2. The zero-order valence-electron chi connectivity index (χ0n) is 10.6. The minimum absolute atomic E-state index is 0.134. The fourth-order valence-electron chi connectivity index (χ4n) is 2.37. The molecule has 0 saturated heterocycles. The van der Waals surface area contributed by atoms with Gasteiger partial charge in [0.1, 0.15) is 11.6 Å². The highest BCUT2D eigenvalue weighted by Crippen LogP contribution is 2.41. The van der Waals surface area contributed by atoms with E-state index in [0.29, 0.717) is 19.3 Å². The van der Waals surface area contributed by atoms with Crippen molar-refractivity contribution >= 4 is 17.6 Å². The van der Waals surface area contributed by atoms with Crippen LogP contribution in [0.4, 0.5) is 8.78 Å². The van der Waals surface area contributed by atoms with E-state index in [0.717, 1.165) is 16.8 Å². The first-order chi connectivity index (χ1) is 9.95. The molecule has 1 heterocycles. The normalized spacial score (nSPS) is 16.5. The summed E-state index contributed by atoms with van der Waals surface area (Å²) in [7, 11) is 0. The van der Waals surface area contributed by atoms with Crippen LogP contribution in [0, 0.1) is 11.6 Å². The summed E-state index contributed by atoms with van der Waals surface area (Å²) in [5, 5.41) is 19.7. The molecule has 0 spiro atoms. The predicted octanol–water partition coefficient (Wildman–Crippen LogP) is 2.24. The number of aromatic nitrogens is 4. The molecular formula is C12H9ClF2N4O2. The number of carboxylic acid groups (broad SMARTS) is 1. The fraction of sp³-hybridized carbons (Fsp3) is 0.333. The Labute approximate surface area is 122 Å². The Hall–Kier alpha value is -2.09. The van der Waals surface area contributed by atoms with Crippen LogP contribution < -0.4 is 0 Å². The number of nitrogens with zero attached hydrogens (tertiary/aromatic N) is 4. The Morgan fingerprint density at radius 2 is 2.05 bits per heavy atom. The molecular weight excluding hydrogens is 306 g/mol. The molecule has 1 aromatic carbocycles. The number of halogens is 3. The lowest BCUT2D eigenvalue weighted by Gasteiger charge is -2.37. The summed E-state index contributed by atoms with van der Waals surface area (Å²) in [6, 6.07) is 1.66. The molecule has 0 bridgehead atoms. The highest BCUT2D eigenvalue weighted by molar-refractivity contribution is 6.30. The number of tetrazole rings is 1. The largest absolute Gasteiger partial charge is 0.479 e. The van der Waals surface area contributed by atoms with E-state index >= 15 is 0 Å². The molecule has 21 heavy (non-hydrogen) atoms. The van der Waals surface area contributed by atoms with Crippen LogP contribution in [0.25, 0.3) is 11.4 Å². The van der Waals surface area contributed by atoms with Crippen molar-refractivity contribution in [2.45, 2.75) is 24.8 Å². The van der Waals surface area contributed by atoms with E-state index in [-0.39, 0.29) is 16.4 Å². The number of hydrogen-bond donors (Lipinski definition) is 1. The molecule has 1 aromatic heterocycles. The van der Waals surface area contributed by atoms with Gasteiger partial charge in [0.2, 0.25) is 0 Å². The summed E-state index contributed by atoms with van der Waals surface area (Å²) in [5.74, 6) is -2.89. The van der Waals surface area contributed by atoms with Crippen molar-refractivity contribution in [1.29, 1.82) is 0 Å². The molecule has 1 aliphatic rings. The quantitative estimate of drug-likeness (QED) is 0.879. The van der Waals surface area contributed by atoms with Crippen LogP contribution in [-0.4, -0.2) is 31.3 Å². The van der Waals surface area contributed by atoms with Crippen molar-refractivity contribution in [1.82, 2.24) is 20.2 Å². The second kappa shape index (κ2) is 4.73.